The summed E-state index contributed by atoms with van der Waals surface area (Å²) < 4.78 is 5.56. The summed E-state index contributed by atoms with van der Waals surface area (Å²) in [5.41, 5.74) is 6.35. The van der Waals surface area contributed by atoms with Crippen LogP contribution >= 0.6 is 0 Å². The summed E-state index contributed by atoms with van der Waals surface area (Å²) >= 11 is 0. The molecule has 1 aromatic rings. The van der Waals surface area contributed by atoms with Gasteiger partial charge in [-0.15, -0.1) is 0 Å². The van der Waals surface area contributed by atoms with Gasteiger partial charge in [-0.2, -0.15) is 0 Å². The van der Waals surface area contributed by atoms with Crippen LogP contribution in [0.3, 0.4) is 0 Å². The summed E-state index contributed by atoms with van der Waals surface area (Å²) in [6, 6.07) is 3.08. The van der Waals surface area contributed by atoms with E-state index in [2.05, 4.69) is 16.0 Å². The topological polar surface area (TPSA) is 177 Å². The maximum Gasteiger partial charge on any atom is 0.329 e. The molecule has 246 valence electrons. The fourth-order valence-corrected chi connectivity index (χ4v) is 5.83. The maximum absolute atomic E-state index is 14.0. The molecule has 2 aliphatic carbocycles. The number of amides is 5. The number of nitrogens with two attached hydrogens (primary N) is 1. The van der Waals surface area contributed by atoms with Crippen molar-refractivity contribution in [3.63, 3.8) is 0 Å². The number of rotatable bonds is 13. The van der Waals surface area contributed by atoms with Gasteiger partial charge in [0.25, 0.3) is 5.91 Å². The molecule has 5 atom stereocenters. The van der Waals surface area contributed by atoms with Gasteiger partial charge in [-0.3, -0.25) is 19.2 Å². The molecule has 5 amide bonds. The second-order valence-corrected chi connectivity index (χ2v) is 14.1. The quantitative estimate of drug-likeness (QED) is 0.192. The highest BCUT2D eigenvalue weighted by Crippen LogP contribution is 2.35. The zero-order valence-electron chi connectivity index (χ0n) is 26.9. The summed E-state index contributed by atoms with van der Waals surface area (Å²) in [6.45, 7) is 9.62. The average molecular weight is 626 g/mol. The fourth-order valence-electron chi connectivity index (χ4n) is 5.83. The van der Waals surface area contributed by atoms with Crippen molar-refractivity contribution in [2.75, 3.05) is 6.54 Å². The van der Waals surface area contributed by atoms with Gasteiger partial charge in [-0.05, 0) is 66.9 Å². The van der Waals surface area contributed by atoms with Crippen LogP contribution in [-0.2, 0) is 35.3 Å². The number of likely N-dealkylation sites (tertiary alicyclic amines) is 1. The van der Waals surface area contributed by atoms with Crippen molar-refractivity contribution in [2.45, 2.75) is 104 Å². The van der Waals surface area contributed by atoms with Gasteiger partial charge in [-0.25, -0.2) is 9.59 Å². The predicted molar refractivity (Wildman–Crippen MR) is 165 cm³/mol. The lowest BCUT2D eigenvalue weighted by molar-refractivity contribution is -0.147. The number of ether oxygens (including phenoxy) is 1. The highest BCUT2D eigenvalue weighted by Gasteiger charge is 2.46. The Hall–Kier alpha value is -3.96. The highest BCUT2D eigenvalue weighted by atomic mass is 16.5. The van der Waals surface area contributed by atoms with E-state index in [0.29, 0.717) is 12.8 Å². The summed E-state index contributed by atoms with van der Waals surface area (Å²) in [4.78, 5) is 79.4. The Morgan fingerprint density at radius 2 is 1.67 bits per heavy atom. The number of esters is 1. The molecular formula is C33H47N5O7. The van der Waals surface area contributed by atoms with Crippen molar-refractivity contribution in [3.05, 3.63) is 35.4 Å². The second-order valence-electron chi connectivity index (χ2n) is 14.1. The van der Waals surface area contributed by atoms with Crippen LogP contribution in [0.15, 0.2) is 24.3 Å². The number of ketones is 1. The van der Waals surface area contributed by atoms with Crippen LogP contribution in [0.1, 0.15) is 77.3 Å². The molecule has 1 aliphatic heterocycles. The van der Waals surface area contributed by atoms with Gasteiger partial charge in [0.2, 0.25) is 17.6 Å². The van der Waals surface area contributed by atoms with Crippen LogP contribution < -0.4 is 21.7 Å². The van der Waals surface area contributed by atoms with Gasteiger partial charge in [0.1, 0.15) is 24.7 Å². The number of hydrogen-bond acceptors (Lipinski definition) is 7. The number of primary amides is 1. The first kappa shape index (κ1) is 33.9. The molecule has 1 saturated heterocycles. The van der Waals surface area contributed by atoms with E-state index in [1.807, 2.05) is 38.1 Å². The number of urea groups is 1. The Balaban J connectivity index is 1.43. The van der Waals surface area contributed by atoms with Crippen LogP contribution in [0, 0.1) is 30.1 Å². The first-order valence-corrected chi connectivity index (χ1v) is 15.9. The van der Waals surface area contributed by atoms with Gasteiger partial charge in [0, 0.05) is 6.54 Å². The largest absolute Gasteiger partial charge is 0.459 e. The Bertz CT molecular complexity index is 1320. The van der Waals surface area contributed by atoms with Gasteiger partial charge in [-0.1, -0.05) is 64.8 Å². The molecule has 1 aromatic carbocycles. The monoisotopic (exact) mass is 625 g/mol. The van der Waals surface area contributed by atoms with E-state index in [4.69, 9.17) is 10.5 Å². The Morgan fingerprint density at radius 1 is 1.00 bits per heavy atom. The van der Waals surface area contributed by atoms with Crippen LogP contribution in [0.2, 0.25) is 0 Å². The van der Waals surface area contributed by atoms with Crippen molar-refractivity contribution in [1.29, 1.82) is 0 Å². The van der Waals surface area contributed by atoms with Gasteiger partial charge in [0.05, 0.1) is 6.04 Å². The van der Waals surface area contributed by atoms with E-state index in [-0.39, 0.29) is 30.9 Å². The predicted octanol–water partition coefficient (Wildman–Crippen LogP) is 2.11. The standard InChI is InChI=1S/C33H47N5O7/c1-18-14-24(29(41)35-23(15-20-10-11-20)26(39)28(34)40)38(16-18)30(42)27(33(3,4)5)37-32(44)36-25(21-12-13-21)31(43)45-17-22-9-7-6-8-19(22)2/h6-9,18,20-21,23-25,27H,10-17H2,1-5H3,(H2,34,40)(H,35,41)(H2,36,37,44)/t18-,23?,24+,25+,27-/m1/s1. The lowest BCUT2D eigenvalue weighted by Gasteiger charge is -2.36. The minimum atomic E-state index is -1.11. The van der Waals surface area contributed by atoms with Crippen LogP contribution in [0.4, 0.5) is 4.79 Å². The number of hydrogen-bond donors (Lipinski definition) is 4. The Kier molecular flexibility index (Phi) is 10.5. The second kappa shape index (κ2) is 14.0. The molecule has 12 nitrogen and oxygen atoms in total. The molecule has 1 heterocycles. The third-order valence-corrected chi connectivity index (χ3v) is 8.89. The van der Waals surface area contributed by atoms with E-state index < -0.39 is 65.1 Å². The average Bonchev–Trinajstić information content (AvgIpc) is 3.91. The molecule has 4 rings (SSSR count). The van der Waals surface area contributed by atoms with Crippen LogP contribution in [0.5, 0.6) is 0 Å². The molecule has 0 spiro atoms. The fraction of sp³-hybridized carbons (Fsp3) is 0.636. The van der Waals surface area contributed by atoms with Crippen molar-refractivity contribution < 1.29 is 33.5 Å². The summed E-state index contributed by atoms with van der Waals surface area (Å²) in [7, 11) is 0. The first-order chi connectivity index (χ1) is 21.1. The number of aryl methyl sites for hydroxylation is 1. The third-order valence-electron chi connectivity index (χ3n) is 8.89. The van der Waals surface area contributed by atoms with Crippen LogP contribution in [-0.4, -0.2) is 71.1 Å². The molecule has 5 N–H and O–H groups in total. The van der Waals surface area contributed by atoms with Crippen molar-refractivity contribution in [2.24, 2.45) is 28.9 Å². The van der Waals surface area contributed by atoms with E-state index in [0.717, 1.165) is 36.8 Å². The van der Waals surface area contributed by atoms with E-state index in [1.54, 1.807) is 20.8 Å². The zero-order chi connectivity index (χ0) is 33.1. The molecule has 0 aromatic heterocycles. The lowest BCUT2D eigenvalue weighted by Crippen LogP contribution is -2.61. The van der Waals surface area contributed by atoms with Crippen molar-refractivity contribution in [1.82, 2.24) is 20.9 Å². The number of nitrogens with one attached hydrogen (secondary N) is 3. The normalized spacial score (nSPS) is 21.7. The zero-order valence-corrected chi connectivity index (χ0v) is 26.9. The van der Waals surface area contributed by atoms with E-state index in [9.17, 15) is 28.8 Å². The molecule has 0 bridgehead atoms. The summed E-state index contributed by atoms with van der Waals surface area (Å²) in [5.74, 6) is -3.31. The Labute approximate surface area is 264 Å². The van der Waals surface area contributed by atoms with Gasteiger partial charge < -0.3 is 31.3 Å². The number of carbonyl (C=O) groups excluding carboxylic acids is 6. The molecule has 0 radical (unpaired) electrons. The third kappa shape index (κ3) is 9.04. The van der Waals surface area contributed by atoms with Gasteiger partial charge in [0.15, 0.2) is 0 Å². The molecule has 3 fully saturated rings. The van der Waals surface area contributed by atoms with E-state index >= 15 is 0 Å². The summed E-state index contributed by atoms with van der Waals surface area (Å²) in [5, 5.41) is 8.19. The first-order valence-electron chi connectivity index (χ1n) is 15.9. The molecule has 3 aliphatic rings. The highest BCUT2D eigenvalue weighted by molar-refractivity contribution is 6.37. The number of Topliss-reactive ketones (excluding diaryl/α,β-unsaturated/α-hetero) is 1. The number of benzene rings is 1. The minimum Gasteiger partial charge on any atom is -0.459 e. The minimum absolute atomic E-state index is 0.0184. The smallest absolute Gasteiger partial charge is 0.329 e. The SMILES string of the molecule is Cc1ccccc1COC(=O)[C@@H](NC(=O)N[C@H](C(=O)N1C[C@H](C)C[C@H]1C(=O)NC(CC1CC1)C(=O)C(N)=O)C(C)(C)C)C1CC1. The molecule has 1 unspecified atom stereocenters. The van der Waals surface area contributed by atoms with Crippen LogP contribution in [0.25, 0.3) is 0 Å². The van der Waals surface area contributed by atoms with E-state index in [1.165, 1.54) is 4.90 Å². The van der Waals surface area contributed by atoms with Gasteiger partial charge >= 0.3 is 12.0 Å². The number of carbonyl (C=O) groups is 6. The molecule has 2 saturated carbocycles. The molecule has 45 heavy (non-hydrogen) atoms. The molecular weight excluding hydrogens is 578 g/mol. The Morgan fingerprint density at radius 3 is 2.24 bits per heavy atom. The number of nitrogens with zero attached hydrogens (tertiary/aromatic N) is 1. The van der Waals surface area contributed by atoms with Crippen molar-refractivity contribution in [3.8, 4) is 0 Å². The maximum atomic E-state index is 14.0. The molecule has 12 heteroatoms. The summed E-state index contributed by atoms with van der Waals surface area (Å²) in [6.07, 6.45) is 4.06. The lowest BCUT2D eigenvalue weighted by atomic mass is 9.85. The van der Waals surface area contributed by atoms with Crippen molar-refractivity contribution >= 4 is 35.5 Å².